The molecule has 0 aliphatic heterocycles. The summed E-state index contributed by atoms with van der Waals surface area (Å²) in [6, 6.07) is 0. The van der Waals surface area contributed by atoms with E-state index in [9.17, 15) is 4.79 Å². The first-order valence-electron chi connectivity index (χ1n) is 12.2. The van der Waals surface area contributed by atoms with E-state index in [0.717, 1.165) is 38.6 Å². The fourth-order valence-electron chi connectivity index (χ4n) is 3.83. The van der Waals surface area contributed by atoms with Crippen molar-refractivity contribution in [3.05, 3.63) is 43.5 Å². The summed E-state index contributed by atoms with van der Waals surface area (Å²) in [7, 11) is 0. The average Bonchev–Trinajstić information content (AvgIpc) is 2.82. The molecule has 0 radical (unpaired) electrons. The van der Waals surface area contributed by atoms with Crippen LogP contribution in [0.25, 0.3) is 31.3 Å². The molecule has 0 aromatic heterocycles. The summed E-state index contributed by atoms with van der Waals surface area (Å²) in [6.07, 6.45) is 11.3. The lowest BCUT2D eigenvalue weighted by atomic mass is 10.1. The van der Waals surface area contributed by atoms with Crippen LogP contribution in [0.2, 0.25) is 0 Å². The number of hydrogen-bond donors (Lipinski definition) is 0. The van der Waals surface area contributed by atoms with Crippen LogP contribution in [0.5, 0.6) is 0 Å². The second-order valence-corrected chi connectivity index (χ2v) is 8.55. The van der Waals surface area contributed by atoms with Crippen LogP contribution >= 0.6 is 0 Å². The van der Waals surface area contributed by atoms with Gasteiger partial charge in [0.25, 0.3) is 0 Å². The number of rotatable bonds is 23. The normalized spacial score (nSPS) is 11.9. The van der Waals surface area contributed by atoms with Gasteiger partial charge in [0.2, 0.25) is 0 Å². The van der Waals surface area contributed by atoms with E-state index >= 15 is 0 Å². The highest BCUT2D eigenvalue weighted by atomic mass is 16.5. The smallest absolute Gasteiger partial charge is 0.333 e. The topological polar surface area (TPSA) is 173 Å². The molecule has 12 nitrogen and oxygen atoms in total. The molecule has 0 amide bonds. The molecule has 0 rings (SSSR count). The SMILES string of the molecule is C=C(C)C(=O)OCCCCCCCCCCCC[N+](CCN=[N+]=[N-])(CCN=[N+]=[N-])CCN=[N+]=[N-]. The van der Waals surface area contributed by atoms with Gasteiger partial charge in [0.1, 0.15) is 0 Å². The van der Waals surface area contributed by atoms with Gasteiger partial charge < -0.3 is 9.22 Å². The van der Waals surface area contributed by atoms with Crippen LogP contribution in [-0.4, -0.2) is 62.9 Å². The van der Waals surface area contributed by atoms with E-state index in [1.807, 2.05) is 0 Å². The second kappa shape index (κ2) is 21.9. The Kier molecular flexibility index (Phi) is 20.1. The van der Waals surface area contributed by atoms with Crippen molar-refractivity contribution in [3.63, 3.8) is 0 Å². The Bertz CT molecular complexity index is 668. The first kappa shape index (κ1) is 31.1. The Labute approximate surface area is 202 Å². The Hall–Kier alpha value is -2.90. The number of carbonyl (C=O) groups is 1. The fourth-order valence-corrected chi connectivity index (χ4v) is 3.83. The Balaban J connectivity index is 4.13. The van der Waals surface area contributed by atoms with Crippen molar-refractivity contribution in [2.24, 2.45) is 15.3 Å². The number of ether oxygens (including phenoxy) is 1. The van der Waals surface area contributed by atoms with Gasteiger partial charge in [-0.2, -0.15) is 0 Å². The molecule has 12 heteroatoms. The van der Waals surface area contributed by atoms with Gasteiger partial charge in [0, 0.05) is 20.3 Å². The van der Waals surface area contributed by atoms with Crippen molar-refractivity contribution in [2.45, 2.75) is 71.1 Å². The maximum atomic E-state index is 11.3. The van der Waals surface area contributed by atoms with E-state index < -0.39 is 0 Å². The lowest BCUT2D eigenvalue weighted by molar-refractivity contribution is -0.924. The fraction of sp³-hybridized carbons (Fsp3) is 0.864. The zero-order valence-electron chi connectivity index (χ0n) is 20.7. The minimum absolute atomic E-state index is 0.307. The molecule has 0 spiro atoms. The van der Waals surface area contributed by atoms with Gasteiger partial charge in [-0.25, -0.2) is 4.79 Å². The minimum atomic E-state index is -0.307. The first-order chi connectivity index (χ1) is 16.5. The van der Waals surface area contributed by atoms with E-state index in [2.05, 4.69) is 36.7 Å². The van der Waals surface area contributed by atoms with Crippen LogP contribution in [0.3, 0.4) is 0 Å². The van der Waals surface area contributed by atoms with Crippen LogP contribution in [-0.2, 0) is 9.53 Å². The van der Waals surface area contributed by atoms with Crippen LogP contribution in [0.15, 0.2) is 27.5 Å². The molecule has 0 aliphatic rings. The number of unbranched alkanes of at least 4 members (excludes halogenated alkanes) is 9. The maximum Gasteiger partial charge on any atom is 0.333 e. The Morgan fingerprint density at radius 3 is 1.47 bits per heavy atom. The lowest BCUT2D eigenvalue weighted by Gasteiger charge is -2.38. The number of hydrogen-bond acceptors (Lipinski definition) is 5. The molecule has 0 aromatic rings. The largest absolute Gasteiger partial charge is 0.462 e. The molecule has 0 heterocycles. The summed E-state index contributed by atoms with van der Waals surface area (Å²) in [4.78, 5) is 19.8. The standard InChI is InChI=1S/C22H41N10O2/c1-21(2)22(33)34-20-12-10-8-6-4-3-5-7-9-11-16-32(17-13-26-29-23,18-14-27-30-24)19-15-28-31-25/h1,3-20H2,2H3/q+1. The lowest BCUT2D eigenvalue weighted by Crippen LogP contribution is -2.53. The molecule has 0 fully saturated rings. The Morgan fingerprint density at radius 1 is 0.706 bits per heavy atom. The first-order valence-corrected chi connectivity index (χ1v) is 12.2. The summed E-state index contributed by atoms with van der Waals surface area (Å²) in [6.45, 7) is 9.56. The third-order valence-corrected chi connectivity index (χ3v) is 5.82. The van der Waals surface area contributed by atoms with Crippen molar-refractivity contribution < 1.29 is 14.0 Å². The van der Waals surface area contributed by atoms with E-state index in [1.54, 1.807) is 6.92 Å². The van der Waals surface area contributed by atoms with E-state index in [1.165, 1.54) is 32.1 Å². The van der Waals surface area contributed by atoms with Crippen molar-refractivity contribution in [2.75, 3.05) is 52.4 Å². The zero-order chi connectivity index (χ0) is 25.3. The zero-order valence-corrected chi connectivity index (χ0v) is 20.7. The summed E-state index contributed by atoms with van der Waals surface area (Å²) in [5.74, 6) is -0.307. The summed E-state index contributed by atoms with van der Waals surface area (Å²) >= 11 is 0. The molecule has 0 atom stereocenters. The molecule has 0 aliphatic carbocycles. The summed E-state index contributed by atoms with van der Waals surface area (Å²) in [5.41, 5.74) is 26.3. The highest BCUT2D eigenvalue weighted by Crippen LogP contribution is 2.15. The van der Waals surface area contributed by atoms with Gasteiger partial charge in [-0.15, -0.1) is 0 Å². The quantitative estimate of drug-likeness (QED) is 0.0301. The highest BCUT2D eigenvalue weighted by Gasteiger charge is 2.25. The van der Waals surface area contributed by atoms with Crippen molar-refractivity contribution in [3.8, 4) is 0 Å². The molecular weight excluding hydrogens is 436 g/mol. The van der Waals surface area contributed by atoms with Gasteiger partial charge in [0.15, 0.2) is 0 Å². The van der Waals surface area contributed by atoms with Gasteiger partial charge in [-0.05, 0) is 42.8 Å². The number of azide groups is 3. The molecule has 0 aromatic carbocycles. The van der Waals surface area contributed by atoms with E-state index in [-0.39, 0.29) is 5.97 Å². The predicted octanol–water partition coefficient (Wildman–Crippen LogP) is 6.75. The van der Waals surface area contributed by atoms with Crippen molar-refractivity contribution in [1.29, 1.82) is 0 Å². The Morgan fingerprint density at radius 2 is 1.09 bits per heavy atom. The van der Waals surface area contributed by atoms with Gasteiger partial charge in [0.05, 0.1) is 52.4 Å². The maximum absolute atomic E-state index is 11.3. The third kappa shape index (κ3) is 17.6. The van der Waals surface area contributed by atoms with Crippen molar-refractivity contribution in [1.82, 2.24) is 0 Å². The predicted molar refractivity (Wildman–Crippen MR) is 134 cm³/mol. The van der Waals surface area contributed by atoms with Crippen LogP contribution in [0.1, 0.15) is 71.1 Å². The number of nitrogens with zero attached hydrogens (tertiary/aromatic N) is 10. The molecule has 0 saturated carbocycles. The summed E-state index contributed by atoms with van der Waals surface area (Å²) < 4.78 is 5.71. The van der Waals surface area contributed by atoms with Crippen LogP contribution in [0, 0.1) is 0 Å². The number of carbonyl (C=O) groups excluding carboxylic acids is 1. The molecule has 34 heavy (non-hydrogen) atoms. The molecule has 0 bridgehead atoms. The minimum Gasteiger partial charge on any atom is -0.462 e. The highest BCUT2D eigenvalue weighted by molar-refractivity contribution is 5.86. The monoisotopic (exact) mass is 477 g/mol. The third-order valence-electron chi connectivity index (χ3n) is 5.82. The van der Waals surface area contributed by atoms with Gasteiger partial charge in [-0.1, -0.05) is 66.9 Å². The molecule has 0 N–H and O–H groups in total. The number of esters is 1. The number of quaternary nitrogens is 1. The van der Waals surface area contributed by atoms with E-state index in [0.29, 0.717) is 55.9 Å². The molecular formula is C22H41N10O2+. The van der Waals surface area contributed by atoms with Crippen LogP contribution < -0.4 is 0 Å². The second-order valence-electron chi connectivity index (χ2n) is 8.55. The molecule has 190 valence electrons. The molecule has 0 unspecified atom stereocenters. The van der Waals surface area contributed by atoms with Gasteiger partial charge in [-0.3, -0.25) is 0 Å². The van der Waals surface area contributed by atoms with E-state index in [4.69, 9.17) is 21.3 Å². The van der Waals surface area contributed by atoms with Crippen molar-refractivity contribution >= 4 is 5.97 Å². The average molecular weight is 478 g/mol. The molecule has 0 saturated heterocycles. The van der Waals surface area contributed by atoms with Crippen LogP contribution in [0.4, 0.5) is 0 Å². The summed E-state index contributed by atoms with van der Waals surface area (Å²) in [5, 5.41) is 11.0. The van der Waals surface area contributed by atoms with Gasteiger partial charge >= 0.3 is 5.97 Å².